The number of pyridine rings is 1. The van der Waals surface area contributed by atoms with Crippen LogP contribution in [-0.2, 0) is 0 Å². The Hall–Kier alpha value is -4.08. The number of benzene rings is 1. The van der Waals surface area contributed by atoms with E-state index < -0.39 is 0 Å². The molecular formula is C21H22N6O4. The summed E-state index contributed by atoms with van der Waals surface area (Å²) in [5.74, 6) is 3.12. The van der Waals surface area contributed by atoms with Gasteiger partial charge in [-0.05, 0) is 19.9 Å². The highest BCUT2D eigenvalue weighted by Crippen LogP contribution is 2.41. The first kappa shape index (κ1) is 20.2. The second kappa shape index (κ2) is 7.98. The summed E-state index contributed by atoms with van der Waals surface area (Å²) >= 11 is 0. The van der Waals surface area contributed by atoms with E-state index in [1.165, 1.54) is 12.4 Å². The second-order valence-corrected chi connectivity index (χ2v) is 6.78. The summed E-state index contributed by atoms with van der Waals surface area (Å²) < 4.78 is 18.7. The molecular weight excluding hydrogens is 400 g/mol. The molecule has 10 heteroatoms. The minimum Gasteiger partial charge on any atom is -0.619 e. The molecule has 0 spiro atoms. The first-order valence-electron chi connectivity index (χ1n) is 9.45. The van der Waals surface area contributed by atoms with Crippen molar-refractivity contribution in [3.8, 4) is 28.6 Å². The number of ether oxygens (including phenoxy) is 3. The molecule has 0 atom stereocenters. The lowest BCUT2D eigenvalue weighted by atomic mass is 10.2. The Morgan fingerprint density at radius 1 is 1.03 bits per heavy atom. The largest absolute Gasteiger partial charge is 0.619 e. The van der Waals surface area contributed by atoms with Crippen LogP contribution in [0.3, 0.4) is 0 Å². The lowest BCUT2D eigenvalue weighted by Crippen LogP contribution is -2.24. The average molecular weight is 422 g/mol. The highest BCUT2D eigenvalue weighted by atomic mass is 16.5. The standard InChI is InChI=1S/C21H22N6O4/c1-12-18-21(23-15-9-16(29-3)19(31-5)17(10-15)30-4)24-20(25-27(18)13(2)22-12)14-7-6-8-26(28)11-14/h6-11H,1-5H3,(H,23,24,25). The number of anilines is 2. The maximum absolute atomic E-state index is 11.8. The van der Waals surface area contributed by atoms with Gasteiger partial charge in [0.2, 0.25) is 5.75 Å². The maximum atomic E-state index is 11.8. The molecule has 0 bridgehead atoms. The van der Waals surface area contributed by atoms with Crippen molar-refractivity contribution in [2.75, 3.05) is 26.6 Å². The number of nitrogens with one attached hydrogen (secondary N) is 1. The summed E-state index contributed by atoms with van der Waals surface area (Å²) in [7, 11) is 4.66. The molecule has 3 heterocycles. The minimum absolute atomic E-state index is 0.383. The van der Waals surface area contributed by atoms with Crippen LogP contribution in [0.1, 0.15) is 11.5 Å². The van der Waals surface area contributed by atoms with Gasteiger partial charge in [0.25, 0.3) is 0 Å². The van der Waals surface area contributed by atoms with E-state index in [2.05, 4.69) is 20.4 Å². The van der Waals surface area contributed by atoms with E-state index in [0.717, 1.165) is 11.2 Å². The third-order valence-corrected chi connectivity index (χ3v) is 4.79. The normalized spacial score (nSPS) is 10.9. The van der Waals surface area contributed by atoms with Gasteiger partial charge in [-0.25, -0.2) is 14.5 Å². The Kier molecular flexibility index (Phi) is 5.20. The first-order valence-corrected chi connectivity index (χ1v) is 9.45. The molecule has 0 fully saturated rings. The Morgan fingerprint density at radius 3 is 2.35 bits per heavy atom. The van der Waals surface area contributed by atoms with Gasteiger partial charge >= 0.3 is 0 Å². The highest BCUT2D eigenvalue weighted by molar-refractivity contribution is 5.78. The van der Waals surface area contributed by atoms with Crippen LogP contribution in [-0.4, -0.2) is 40.9 Å². The van der Waals surface area contributed by atoms with Crippen LogP contribution in [0.4, 0.5) is 11.5 Å². The molecule has 0 aliphatic carbocycles. The molecule has 4 rings (SSSR count). The zero-order chi connectivity index (χ0) is 22.1. The number of hydrogen-bond acceptors (Lipinski definition) is 8. The molecule has 0 saturated carbocycles. The van der Waals surface area contributed by atoms with E-state index in [-0.39, 0.29) is 0 Å². The van der Waals surface area contributed by atoms with Crippen LogP contribution in [0.2, 0.25) is 0 Å². The van der Waals surface area contributed by atoms with E-state index in [4.69, 9.17) is 14.2 Å². The van der Waals surface area contributed by atoms with Crippen LogP contribution in [0.15, 0.2) is 36.7 Å². The molecule has 3 aromatic heterocycles. The fourth-order valence-corrected chi connectivity index (χ4v) is 3.41. The maximum Gasteiger partial charge on any atom is 0.203 e. The molecule has 0 aliphatic heterocycles. The number of methoxy groups -OCH3 is 3. The van der Waals surface area contributed by atoms with Crippen molar-refractivity contribution in [3.05, 3.63) is 53.4 Å². The summed E-state index contributed by atoms with van der Waals surface area (Å²) in [6, 6.07) is 6.99. The summed E-state index contributed by atoms with van der Waals surface area (Å²) in [5.41, 5.74) is 2.75. The zero-order valence-electron chi connectivity index (χ0n) is 17.8. The fourth-order valence-electron chi connectivity index (χ4n) is 3.41. The highest BCUT2D eigenvalue weighted by Gasteiger charge is 2.19. The molecule has 31 heavy (non-hydrogen) atoms. The third-order valence-electron chi connectivity index (χ3n) is 4.79. The predicted octanol–water partition coefficient (Wildman–Crippen LogP) is 2.81. The van der Waals surface area contributed by atoms with Crippen LogP contribution in [0, 0.1) is 19.1 Å². The number of nitrogens with zero attached hydrogens (tertiary/aromatic N) is 5. The molecule has 10 nitrogen and oxygen atoms in total. The molecule has 1 aromatic carbocycles. The lowest BCUT2D eigenvalue weighted by Gasteiger charge is -2.15. The number of hydrogen-bond donors (Lipinski definition) is 1. The lowest BCUT2D eigenvalue weighted by molar-refractivity contribution is -0.604. The molecule has 0 aliphatic rings. The van der Waals surface area contributed by atoms with Gasteiger partial charge < -0.3 is 24.7 Å². The van der Waals surface area contributed by atoms with Gasteiger partial charge in [0.1, 0.15) is 11.3 Å². The van der Waals surface area contributed by atoms with Gasteiger partial charge in [-0.2, -0.15) is 4.73 Å². The van der Waals surface area contributed by atoms with E-state index in [1.54, 1.807) is 50.1 Å². The number of aryl methyl sites for hydroxylation is 2. The number of fused-ring (bicyclic) bond motifs is 1. The Labute approximate surface area is 178 Å². The van der Waals surface area contributed by atoms with Crippen LogP contribution in [0.25, 0.3) is 16.9 Å². The Balaban J connectivity index is 1.89. The summed E-state index contributed by atoms with van der Waals surface area (Å²) in [5, 5.41) is 19.7. The number of aromatic nitrogens is 5. The number of imidazole rings is 1. The molecule has 1 N–H and O–H groups in total. The van der Waals surface area contributed by atoms with E-state index in [1.807, 2.05) is 13.8 Å². The Bertz CT molecular complexity index is 1250. The van der Waals surface area contributed by atoms with Crippen molar-refractivity contribution in [2.45, 2.75) is 13.8 Å². The fraction of sp³-hybridized carbons (Fsp3) is 0.238. The van der Waals surface area contributed by atoms with Crippen LogP contribution >= 0.6 is 0 Å². The molecule has 0 unspecified atom stereocenters. The van der Waals surface area contributed by atoms with Gasteiger partial charge in [-0.1, -0.05) is 0 Å². The SMILES string of the molecule is COc1cc(Nc2nc(-c3ccc[n+]([O-])c3)nn3c(C)nc(C)c23)cc(OC)c1OC. The molecule has 160 valence electrons. The molecule has 0 radical (unpaired) electrons. The second-order valence-electron chi connectivity index (χ2n) is 6.78. The van der Waals surface area contributed by atoms with Crippen molar-refractivity contribution in [1.29, 1.82) is 0 Å². The van der Waals surface area contributed by atoms with Crippen molar-refractivity contribution >= 4 is 17.0 Å². The topological polar surface area (TPSA) is 110 Å². The van der Waals surface area contributed by atoms with Gasteiger partial charge in [0.05, 0.1) is 32.6 Å². The minimum atomic E-state index is 0.383. The summed E-state index contributed by atoms with van der Waals surface area (Å²) in [6.45, 7) is 3.75. The number of rotatable bonds is 6. The van der Waals surface area contributed by atoms with Gasteiger partial charge in [0.15, 0.2) is 35.5 Å². The van der Waals surface area contributed by atoms with Crippen molar-refractivity contribution in [3.63, 3.8) is 0 Å². The Morgan fingerprint density at radius 2 is 1.74 bits per heavy atom. The average Bonchev–Trinajstić information content (AvgIpc) is 3.06. The van der Waals surface area contributed by atoms with Crippen molar-refractivity contribution in [1.82, 2.24) is 19.6 Å². The van der Waals surface area contributed by atoms with Crippen LogP contribution in [0.5, 0.6) is 17.2 Å². The summed E-state index contributed by atoms with van der Waals surface area (Å²) in [4.78, 5) is 9.21. The summed E-state index contributed by atoms with van der Waals surface area (Å²) in [6.07, 6.45) is 2.83. The third kappa shape index (κ3) is 3.63. The van der Waals surface area contributed by atoms with Gasteiger partial charge in [0, 0.05) is 23.9 Å². The molecule has 0 amide bonds. The smallest absolute Gasteiger partial charge is 0.203 e. The monoisotopic (exact) mass is 422 g/mol. The van der Waals surface area contributed by atoms with Gasteiger partial charge in [-0.15, -0.1) is 5.10 Å². The quantitative estimate of drug-likeness (QED) is 0.373. The predicted molar refractivity (Wildman–Crippen MR) is 114 cm³/mol. The molecule has 4 aromatic rings. The van der Waals surface area contributed by atoms with Crippen LogP contribution < -0.4 is 24.3 Å². The molecule has 0 saturated heterocycles. The van der Waals surface area contributed by atoms with Gasteiger partial charge in [-0.3, -0.25) is 0 Å². The first-order chi connectivity index (χ1) is 14.9. The van der Waals surface area contributed by atoms with Crippen molar-refractivity contribution < 1.29 is 18.9 Å². The zero-order valence-corrected chi connectivity index (χ0v) is 17.8. The van der Waals surface area contributed by atoms with E-state index in [0.29, 0.717) is 50.7 Å². The van der Waals surface area contributed by atoms with Crippen molar-refractivity contribution in [2.24, 2.45) is 0 Å². The van der Waals surface area contributed by atoms with E-state index in [9.17, 15) is 5.21 Å². The van der Waals surface area contributed by atoms with E-state index >= 15 is 0 Å².